The van der Waals surface area contributed by atoms with Crippen LogP contribution in [0.5, 0.6) is 23.5 Å². The molecule has 6 aliphatic rings. The number of rotatable bonds is 17. The van der Waals surface area contributed by atoms with Crippen molar-refractivity contribution < 1.29 is 28.5 Å². The van der Waals surface area contributed by atoms with Crippen LogP contribution in [0.2, 0.25) is 0 Å². The first-order chi connectivity index (χ1) is 41.5. The van der Waals surface area contributed by atoms with Gasteiger partial charge in [0.15, 0.2) is 11.6 Å². The maximum atomic E-state index is 17.2. The molecule has 4 N–H and O–H groups in total. The molecule has 0 radical (unpaired) electrons. The summed E-state index contributed by atoms with van der Waals surface area (Å²) in [5, 5.41) is 32.6. The number of hydrogen-bond donors (Lipinski definition) is 4. The Morgan fingerprint density at radius 2 is 1.26 bits per heavy atom. The molecule has 86 heavy (non-hydrogen) atoms. The number of nitrogens with zero attached hydrogens (tertiary/aromatic N) is 10. The smallest absolute Gasteiger partial charge is 0.319 e. The molecule has 8 aromatic rings. The van der Waals surface area contributed by atoms with Gasteiger partial charge in [-0.25, -0.2) is 18.7 Å². The largest absolute Gasteiger partial charge is 0.508 e. The van der Waals surface area contributed by atoms with E-state index in [-0.39, 0.29) is 64.7 Å². The van der Waals surface area contributed by atoms with Crippen molar-refractivity contribution in [3.63, 3.8) is 0 Å². The number of phenolic OH excluding ortho intramolecular Hbond substituents is 2. The lowest BCUT2D eigenvalue weighted by molar-refractivity contribution is 0.178. The molecule has 4 aromatic carbocycles. The second-order valence-corrected chi connectivity index (χ2v) is 26.2. The Bertz CT molecular complexity index is 4200. The van der Waals surface area contributed by atoms with Crippen LogP contribution in [0.4, 0.5) is 20.4 Å². The van der Waals surface area contributed by atoms with E-state index >= 15 is 8.78 Å². The van der Waals surface area contributed by atoms with Crippen molar-refractivity contribution in [2.75, 3.05) is 96.7 Å². The molecule has 14 rings (SSSR count). The highest BCUT2D eigenvalue weighted by Gasteiger charge is 2.57. The quantitative estimate of drug-likeness (QED) is 0.0501. The summed E-state index contributed by atoms with van der Waals surface area (Å²) in [6.07, 6.45) is 26.4. The standard InChI is InChI=1S/C67H68F2N12O4S/c1-9-43-50(26-70-59-57(43)74-64(84-34-66(18-19-66)32-78(4)5)76-62(59)80-28-37-13-14-38(29-80)72-37)48-23-42(83)22-47-46(24-54(69)45(11-3)56(47)48)52-25-67(52,33-79(6)7)35-85-65-75-58-60(63(77-65)81-30-39-15-16-40(31-81)73-39)71-27-51(61(58)86-8)49-21-41(82)20-36-12-17-53(68)44(10-2)55(36)49/h2-3,9,12,17,20-24,26-27,37-40,52,72-73,82-83H,1,13-16,18-19,25,28-35H2,4-8H3. The van der Waals surface area contributed by atoms with E-state index in [0.29, 0.717) is 133 Å². The van der Waals surface area contributed by atoms with Crippen LogP contribution >= 0.6 is 11.8 Å². The first-order valence-electron chi connectivity index (χ1n) is 29.6. The van der Waals surface area contributed by atoms with Gasteiger partial charge >= 0.3 is 12.0 Å². The van der Waals surface area contributed by atoms with Crippen LogP contribution in [0.15, 0.2) is 66.3 Å². The average Bonchev–Trinajstić information content (AvgIpc) is 1.47. The Labute approximate surface area is 502 Å². The Morgan fingerprint density at radius 3 is 1.84 bits per heavy atom. The first-order valence-corrected chi connectivity index (χ1v) is 30.8. The van der Waals surface area contributed by atoms with Crippen LogP contribution in [-0.4, -0.2) is 161 Å². The summed E-state index contributed by atoms with van der Waals surface area (Å²) in [5.74, 6) is 5.12. The third-order valence-electron chi connectivity index (χ3n) is 18.7. The number of halogens is 2. The zero-order valence-electron chi connectivity index (χ0n) is 49.0. The van der Waals surface area contributed by atoms with Crippen LogP contribution in [0.25, 0.3) is 71.9 Å². The summed E-state index contributed by atoms with van der Waals surface area (Å²) in [7, 11) is 8.15. The van der Waals surface area contributed by atoms with Crippen LogP contribution in [-0.2, 0) is 0 Å². The van der Waals surface area contributed by atoms with E-state index in [1.807, 2.05) is 20.4 Å². The number of hydrogen-bond acceptors (Lipinski definition) is 17. The normalized spacial score (nSPS) is 22.8. The van der Waals surface area contributed by atoms with Gasteiger partial charge < -0.3 is 49.9 Å². The van der Waals surface area contributed by atoms with Crippen molar-refractivity contribution in [1.29, 1.82) is 0 Å². The number of pyridine rings is 2. The van der Waals surface area contributed by atoms with Gasteiger partial charge in [0, 0.05) is 119 Å². The Hall–Kier alpha value is -7.91. The second kappa shape index (κ2) is 21.5. The molecule has 2 saturated carbocycles. The maximum Gasteiger partial charge on any atom is 0.319 e. The number of fused-ring (bicyclic) bond motifs is 8. The zero-order valence-corrected chi connectivity index (χ0v) is 49.8. The lowest BCUT2D eigenvalue weighted by Crippen LogP contribution is -2.51. The fraction of sp³-hybridized carbons (Fsp3) is 0.403. The number of ether oxygens (including phenoxy) is 2. The third-order valence-corrected chi connectivity index (χ3v) is 19.5. The number of nitrogens with one attached hydrogen (secondary N) is 2. The highest BCUT2D eigenvalue weighted by atomic mass is 32.2. The lowest BCUT2D eigenvalue weighted by Gasteiger charge is -2.34. The van der Waals surface area contributed by atoms with Crippen molar-refractivity contribution in [3.05, 3.63) is 95.3 Å². The minimum atomic E-state index is -0.590. The molecule has 6 atom stereocenters. The van der Waals surface area contributed by atoms with Crippen LogP contribution in [0, 0.1) is 47.2 Å². The van der Waals surface area contributed by atoms with E-state index in [1.54, 1.807) is 48.8 Å². The number of aromatic nitrogens is 6. The molecule has 2 aliphatic carbocycles. The molecular formula is C67H68F2N12O4S. The number of phenols is 2. The van der Waals surface area contributed by atoms with Crippen molar-refractivity contribution in [1.82, 2.24) is 50.3 Å². The number of benzene rings is 4. The summed E-state index contributed by atoms with van der Waals surface area (Å²) in [4.78, 5) is 40.3. The number of aromatic hydroxyl groups is 2. The van der Waals surface area contributed by atoms with E-state index in [9.17, 15) is 10.2 Å². The molecule has 4 aromatic heterocycles. The number of thioether (sulfide) groups is 1. The first kappa shape index (κ1) is 55.9. The fourth-order valence-electron chi connectivity index (χ4n) is 14.8. The molecule has 6 fully saturated rings. The van der Waals surface area contributed by atoms with Crippen molar-refractivity contribution in [3.8, 4) is 70.5 Å². The molecule has 6 unspecified atom stereocenters. The fourth-order valence-corrected chi connectivity index (χ4v) is 15.5. The van der Waals surface area contributed by atoms with Crippen molar-refractivity contribution in [2.24, 2.45) is 10.8 Å². The summed E-state index contributed by atoms with van der Waals surface area (Å²) < 4.78 is 46.2. The lowest BCUT2D eigenvalue weighted by atomic mass is 9.87. The molecular weight excluding hydrogens is 1110 g/mol. The molecule has 440 valence electrons. The highest BCUT2D eigenvalue weighted by molar-refractivity contribution is 7.99. The predicted octanol–water partition coefficient (Wildman–Crippen LogP) is 9.74. The van der Waals surface area contributed by atoms with E-state index in [1.165, 1.54) is 23.9 Å². The van der Waals surface area contributed by atoms with Crippen LogP contribution in [0.3, 0.4) is 0 Å². The molecule has 4 aliphatic heterocycles. The highest BCUT2D eigenvalue weighted by Crippen LogP contribution is 2.62. The molecule has 4 bridgehead atoms. The number of anilines is 2. The van der Waals surface area contributed by atoms with Gasteiger partial charge in [0.05, 0.1) is 24.3 Å². The maximum absolute atomic E-state index is 17.2. The van der Waals surface area contributed by atoms with Crippen LogP contribution < -0.4 is 29.9 Å². The zero-order chi connectivity index (χ0) is 59.5. The molecule has 0 spiro atoms. The topological polar surface area (TPSA) is 173 Å². The van der Waals surface area contributed by atoms with E-state index in [2.05, 4.69) is 62.7 Å². The number of piperazine rings is 2. The van der Waals surface area contributed by atoms with Gasteiger partial charge in [-0.1, -0.05) is 30.6 Å². The Morgan fingerprint density at radius 1 is 0.698 bits per heavy atom. The minimum absolute atomic E-state index is 0.0123. The SMILES string of the molecule is C#Cc1c(F)ccc2cc(O)cc(-c3cnc4c(N5CC6CCC(C5)N6)nc(OCC5(CN(C)C)CC5c5cc(F)c(C#C)c6c(-c7cnc8c(N9CC%10CCC(C9)N%10)nc(OCC9(CN(C)C)CC9)nc8c7C=C)cc(O)cc56)nc4c3SC)c12. The van der Waals surface area contributed by atoms with Crippen LogP contribution in [0.1, 0.15) is 73.1 Å². The van der Waals surface area contributed by atoms with Gasteiger partial charge in [-0.2, -0.15) is 19.9 Å². The molecule has 19 heteroatoms. The monoisotopic (exact) mass is 1170 g/mol. The average molecular weight is 1180 g/mol. The summed E-state index contributed by atoms with van der Waals surface area (Å²) >= 11 is 1.45. The van der Waals surface area contributed by atoms with Crippen molar-refractivity contribution in [2.45, 2.75) is 79.9 Å². The number of terminal acetylenes is 2. The van der Waals surface area contributed by atoms with Crippen molar-refractivity contribution >= 4 is 73.1 Å². The van der Waals surface area contributed by atoms with E-state index < -0.39 is 17.0 Å². The molecule has 16 nitrogen and oxygen atoms in total. The van der Waals surface area contributed by atoms with Gasteiger partial charge in [-0.15, -0.1) is 24.6 Å². The second-order valence-electron chi connectivity index (χ2n) is 25.3. The predicted molar refractivity (Wildman–Crippen MR) is 335 cm³/mol. The summed E-state index contributed by atoms with van der Waals surface area (Å²) in [5.41, 5.74) is 5.25. The summed E-state index contributed by atoms with van der Waals surface area (Å²) in [6.45, 7) is 9.31. The Kier molecular flexibility index (Phi) is 14.0. The Balaban J connectivity index is 0.865. The minimum Gasteiger partial charge on any atom is -0.508 e. The van der Waals surface area contributed by atoms with Gasteiger partial charge in [-0.05, 0) is 149 Å². The van der Waals surface area contributed by atoms with E-state index in [0.717, 1.165) is 63.1 Å². The molecule has 4 saturated heterocycles. The van der Waals surface area contributed by atoms with Gasteiger partial charge in [-0.3, -0.25) is 0 Å². The summed E-state index contributed by atoms with van der Waals surface area (Å²) in [6, 6.07) is 12.5. The van der Waals surface area contributed by atoms with Gasteiger partial charge in [0.1, 0.15) is 45.2 Å². The molecule has 8 heterocycles. The molecule has 0 amide bonds. The van der Waals surface area contributed by atoms with E-state index in [4.69, 9.17) is 52.2 Å². The van der Waals surface area contributed by atoms with Gasteiger partial charge in [0.25, 0.3) is 0 Å². The van der Waals surface area contributed by atoms with Gasteiger partial charge in [0.2, 0.25) is 0 Å². The third kappa shape index (κ3) is 9.81.